The lowest BCUT2D eigenvalue weighted by Gasteiger charge is -2.35. The van der Waals surface area contributed by atoms with E-state index in [-0.39, 0.29) is 5.54 Å². The molecule has 0 bridgehead atoms. The molecule has 0 amide bonds. The highest BCUT2D eigenvalue weighted by molar-refractivity contribution is 6.30. The first-order chi connectivity index (χ1) is 6.92. The zero-order valence-corrected chi connectivity index (χ0v) is 10.5. The molecular formula is C11H18ClN3. The molecule has 2 aliphatic heterocycles. The van der Waals surface area contributed by atoms with Gasteiger partial charge in [0.15, 0.2) is 0 Å². The largest absolute Gasteiger partial charge is 0.336 e. The molecule has 0 radical (unpaired) electrons. The Morgan fingerprint density at radius 1 is 1.47 bits per heavy atom. The Morgan fingerprint density at radius 3 is 2.73 bits per heavy atom. The van der Waals surface area contributed by atoms with Gasteiger partial charge < -0.3 is 9.80 Å². The van der Waals surface area contributed by atoms with Crippen molar-refractivity contribution in [3.05, 3.63) is 11.2 Å². The Balaban J connectivity index is 2.37. The first-order valence-corrected chi connectivity index (χ1v) is 5.78. The Bertz CT molecular complexity index is 331. The van der Waals surface area contributed by atoms with Crippen LogP contribution in [0, 0.1) is 0 Å². The average molecular weight is 228 g/mol. The quantitative estimate of drug-likeness (QED) is 0.640. The minimum Gasteiger partial charge on any atom is -0.336 e. The molecule has 0 aromatic heterocycles. The van der Waals surface area contributed by atoms with Gasteiger partial charge in [-0.2, -0.15) is 0 Å². The summed E-state index contributed by atoms with van der Waals surface area (Å²) in [6.07, 6.45) is 1.96. The van der Waals surface area contributed by atoms with Crippen molar-refractivity contribution in [2.24, 2.45) is 4.99 Å². The Morgan fingerprint density at radius 2 is 2.13 bits per heavy atom. The van der Waals surface area contributed by atoms with Crippen LogP contribution in [0.3, 0.4) is 0 Å². The molecule has 0 saturated carbocycles. The fourth-order valence-electron chi connectivity index (χ4n) is 2.56. The number of fused-ring (bicyclic) bond motifs is 1. The number of rotatable bonds is 1. The lowest BCUT2D eigenvalue weighted by Crippen LogP contribution is -2.47. The van der Waals surface area contributed by atoms with Gasteiger partial charge in [0.2, 0.25) is 5.96 Å². The number of guanidine groups is 1. The predicted molar refractivity (Wildman–Crippen MR) is 64.0 cm³/mol. The van der Waals surface area contributed by atoms with Crippen LogP contribution in [0.25, 0.3) is 0 Å². The van der Waals surface area contributed by atoms with E-state index >= 15 is 0 Å². The molecule has 2 heterocycles. The standard InChI is InChI=1S/C11H18ClN3/c1-8(2)15-10-13-9(12)5-6-14(10)7-11(15,3)4/h5,8H,6-7H2,1-4H3. The summed E-state index contributed by atoms with van der Waals surface area (Å²) in [4.78, 5) is 9.07. The van der Waals surface area contributed by atoms with Gasteiger partial charge in [0.05, 0.1) is 5.54 Å². The molecule has 3 nitrogen and oxygen atoms in total. The topological polar surface area (TPSA) is 18.8 Å². The summed E-state index contributed by atoms with van der Waals surface area (Å²) in [6.45, 7) is 10.8. The van der Waals surface area contributed by atoms with E-state index < -0.39 is 0 Å². The Hall–Kier alpha value is -0.700. The molecule has 1 fully saturated rings. The van der Waals surface area contributed by atoms with Gasteiger partial charge in [0.1, 0.15) is 5.16 Å². The second kappa shape index (κ2) is 3.41. The maximum Gasteiger partial charge on any atom is 0.203 e. The smallest absolute Gasteiger partial charge is 0.203 e. The average Bonchev–Trinajstić information content (AvgIpc) is 2.33. The van der Waals surface area contributed by atoms with Gasteiger partial charge in [-0.1, -0.05) is 11.6 Å². The zero-order chi connectivity index (χ0) is 11.2. The van der Waals surface area contributed by atoms with Crippen LogP contribution in [0.4, 0.5) is 0 Å². The van der Waals surface area contributed by atoms with E-state index in [0.717, 1.165) is 19.0 Å². The molecule has 1 saturated heterocycles. The van der Waals surface area contributed by atoms with E-state index in [1.54, 1.807) is 0 Å². The van der Waals surface area contributed by atoms with E-state index in [4.69, 9.17) is 11.6 Å². The first-order valence-electron chi connectivity index (χ1n) is 5.40. The second-order valence-electron chi connectivity index (χ2n) is 5.10. The van der Waals surface area contributed by atoms with Gasteiger partial charge in [-0.3, -0.25) is 0 Å². The van der Waals surface area contributed by atoms with Crippen molar-refractivity contribution in [2.45, 2.75) is 39.3 Å². The summed E-state index contributed by atoms with van der Waals surface area (Å²) in [6, 6.07) is 0.450. The number of halogens is 1. The zero-order valence-electron chi connectivity index (χ0n) is 9.79. The van der Waals surface area contributed by atoms with Crippen LogP contribution >= 0.6 is 11.6 Å². The SMILES string of the molecule is CC(C)N1C2=NC(Cl)=CCN2CC1(C)C. The summed E-state index contributed by atoms with van der Waals surface area (Å²) in [5.74, 6) is 1.03. The van der Waals surface area contributed by atoms with E-state index in [0.29, 0.717) is 11.2 Å². The van der Waals surface area contributed by atoms with E-state index in [1.807, 2.05) is 6.08 Å². The molecule has 0 aromatic rings. The van der Waals surface area contributed by atoms with Gasteiger partial charge in [-0.25, -0.2) is 4.99 Å². The normalized spacial score (nSPS) is 24.1. The van der Waals surface area contributed by atoms with E-state index in [9.17, 15) is 0 Å². The summed E-state index contributed by atoms with van der Waals surface area (Å²) >= 11 is 5.97. The molecule has 2 aliphatic rings. The molecular weight excluding hydrogens is 210 g/mol. The van der Waals surface area contributed by atoms with E-state index in [1.165, 1.54) is 0 Å². The minimum absolute atomic E-state index is 0.141. The second-order valence-corrected chi connectivity index (χ2v) is 5.48. The number of aliphatic imine (C=N–C) groups is 1. The Kier molecular flexibility index (Phi) is 2.45. The maximum absolute atomic E-state index is 5.97. The van der Waals surface area contributed by atoms with Crippen LogP contribution in [-0.2, 0) is 0 Å². The molecule has 84 valence electrons. The van der Waals surface area contributed by atoms with Crippen molar-refractivity contribution in [1.82, 2.24) is 9.80 Å². The van der Waals surface area contributed by atoms with Gasteiger partial charge in [-0.15, -0.1) is 0 Å². The van der Waals surface area contributed by atoms with Gasteiger partial charge in [-0.05, 0) is 33.8 Å². The highest BCUT2D eigenvalue weighted by Crippen LogP contribution is 2.31. The highest BCUT2D eigenvalue weighted by atomic mass is 35.5. The predicted octanol–water partition coefficient (Wildman–Crippen LogP) is 2.24. The fourth-order valence-corrected chi connectivity index (χ4v) is 2.71. The third-order valence-electron chi connectivity index (χ3n) is 2.93. The van der Waals surface area contributed by atoms with Crippen molar-refractivity contribution in [1.29, 1.82) is 0 Å². The molecule has 0 aliphatic carbocycles. The molecule has 0 aromatic carbocycles. The maximum atomic E-state index is 5.97. The van der Waals surface area contributed by atoms with Crippen molar-refractivity contribution >= 4 is 17.6 Å². The van der Waals surface area contributed by atoms with Gasteiger partial charge in [0, 0.05) is 19.1 Å². The fraction of sp³-hybridized carbons (Fsp3) is 0.727. The molecule has 4 heteroatoms. The van der Waals surface area contributed by atoms with Crippen molar-refractivity contribution in [2.75, 3.05) is 13.1 Å². The number of hydrogen-bond acceptors (Lipinski definition) is 3. The summed E-state index contributed by atoms with van der Waals surface area (Å²) in [5.41, 5.74) is 0.141. The minimum atomic E-state index is 0.141. The highest BCUT2D eigenvalue weighted by Gasteiger charge is 2.43. The molecule has 0 atom stereocenters. The van der Waals surface area contributed by atoms with E-state index in [2.05, 4.69) is 42.5 Å². The monoisotopic (exact) mass is 227 g/mol. The van der Waals surface area contributed by atoms with Crippen LogP contribution in [0.5, 0.6) is 0 Å². The van der Waals surface area contributed by atoms with Crippen LogP contribution in [0.1, 0.15) is 27.7 Å². The molecule has 0 spiro atoms. The van der Waals surface area contributed by atoms with Crippen molar-refractivity contribution in [3.63, 3.8) is 0 Å². The number of hydrogen-bond donors (Lipinski definition) is 0. The van der Waals surface area contributed by atoms with Crippen LogP contribution in [-0.4, -0.2) is 40.4 Å². The van der Waals surface area contributed by atoms with Crippen LogP contribution in [0.2, 0.25) is 0 Å². The lowest BCUT2D eigenvalue weighted by molar-refractivity contribution is 0.207. The third-order valence-corrected chi connectivity index (χ3v) is 3.17. The molecule has 15 heavy (non-hydrogen) atoms. The summed E-state index contributed by atoms with van der Waals surface area (Å²) < 4.78 is 0. The first kappa shape index (κ1) is 10.8. The van der Waals surface area contributed by atoms with Gasteiger partial charge >= 0.3 is 0 Å². The Labute approximate surface area is 96.4 Å². The summed E-state index contributed by atoms with van der Waals surface area (Å²) in [5, 5.41) is 0.615. The van der Waals surface area contributed by atoms with Crippen molar-refractivity contribution in [3.8, 4) is 0 Å². The van der Waals surface area contributed by atoms with Crippen LogP contribution < -0.4 is 0 Å². The van der Waals surface area contributed by atoms with Gasteiger partial charge in [0.25, 0.3) is 0 Å². The number of nitrogens with zero attached hydrogens (tertiary/aromatic N) is 3. The van der Waals surface area contributed by atoms with Crippen molar-refractivity contribution < 1.29 is 0 Å². The summed E-state index contributed by atoms with van der Waals surface area (Å²) in [7, 11) is 0. The third kappa shape index (κ3) is 1.73. The molecule has 0 N–H and O–H groups in total. The van der Waals surface area contributed by atoms with Crippen LogP contribution in [0.15, 0.2) is 16.2 Å². The lowest BCUT2D eigenvalue weighted by atomic mass is 10.0. The molecule has 2 rings (SSSR count). The molecule has 0 unspecified atom stereocenters.